The van der Waals surface area contributed by atoms with Crippen LogP contribution in [0.25, 0.3) is 5.65 Å². The zero-order chi connectivity index (χ0) is 16.5. The highest BCUT2D eigenvalue weighted by Gasteiger charge is 2.30. The Bertz CT molecular complexity index is 860. The standard InChI is InChI=1S/C18H19N5O/c1-21-10-11-22(13-16(21)14-6-3-2-4-7-14)18(24)15-12-20-23-9-5-8-19-17(15)23/h2-9,12,16H,10-11,13H2,1H3/t16-/m1/s1. The maximum atomic E-state index is 13.0. The number of nitrogens with zero attached hydrogens (tertiary/aromatic N) is 5. The molecule has 1 saturated heterocycles. The highest BCUT2D eigenvalue weighted by molar-refractivity contribution is 5.99. The van der Waals surface area contributed by atoms with Crippen LogP contribution < -0.4 is 0 Å². The Labute approximate surface area is 140 Å². The molecule has 6 heteroatoms. The van der Waals surface area contributed by atoms with E-state index in [1.54, 1.807) is 29.2 Å². The molecule has 1 amide bonds. The average Bonchev–Trinajstić information content (AvgIpc) is 3.06. The molecule has 0 spiro atoms. The Kier molecular flexibility index (Phi) is 3.74. The van der Waals surface area contributed by atoms with Gasteiger partial charge in [-0.05, 0) is 18.7 Å². The molecule has 1 aromatic carbocycles. The molecule has 0 N–H and O–H groups in total. The summed E-state index contributed by atoms with van der Waals surface area (Å²) in [5.74, 6) is -0.00210. The molecule has 0 bridgehead atoms. The van der Waals surface area contributed by atoms with Crippen LogP contribution in [0, 0.1) is 0 Å². The molecule has 24 heavy (non-hydrogen) atoms. The first-order chi connectivity index (χ1) is 11.7. The van der Waals surface area contributed by atoms with Crippen molar-refractivity contribution in [1.82, 2.24) is 24.4 Å². The quantitative estimate of drug-likeness (QED) is 0.723. The topological polar surface area (TPSA) is 53.7 Å². The van der Waals surface area contributed by atoms with Crippen LogP contribution in [0.1, 0.15) is 22.0 Å². The van der Waals surface area contributed by atoms with Crippen LogP contribution >= 0.6 is 0 Å². The largest absolute Gasteiger partial charge is 0.335 e. The van der Waals surface area contributed by atoms with Gasteiger partial charge in [0.2, 0.25) is 0 Å². The molecular formula is C18H19N5O. The third kappa shape index (κ3) is 2.55. The highest BCUT2D eigenvalue weighted by atomic mass is 16.2. The number of benzene rings is 1. The molecular weight excluding hydrogens is 302 g/mol. The number of fused-ring (bicyclic) bond motifs is 1. The van der Waals surface area contributed by atoms with E-state index in [0.717, 1.165) is 6.54 Å². The fraction of sp³-hybridized carbons (Fsp3) is 0.278. The van der Waals surface area contributed by atoms with E-state index >= 15 is 0 Å². The number of piperazine rings is 1. The minimum Gasteiger partial charge on any atom is -0.335 e. The van der Waals surface area contributed by atoms with Gasteiger partial charge in [0, 0.05) is 32.0 Å². The second-order valence-electron chi connectivity index (χ2n) is 6.10. The minimum absolute atomic E-state index is 0.00210. The predicted octanol–water partition coefficient (Wildman–Crippen LogP) is 1.86. The van der Waals surface area contributed by atoms with Crippen molar-refractivity contribution >= 4 is 11.6 Å². The molecule has 0 aliphatic carbocycles. The van der Waals surface area contributed by atoms with Gasteiger partial charge < -0.3 is 4.90 Å². The van der Waals surface area contributed by atoms with Crippen molar-refractivity contribution in [3.8, 4) is 0 Å². The van der Waals surface area contributed by atoms with Gasteiger partial charge in [-0.25, -0.2) is 9.50 Å². The lowest BCUT2D eigenvalue weighted by Gasteiger charge is -2.39. The van der Waals surface area contributed by atoms with Crippen LogP contribution in [0.2, 0.25) is 0 Å². The van der Waals surface area contributed by atoms with Gasteiger partial charge in [-0.2, -0.15) is 5.10 Å². The van der Waals surface area contributed by atoms with Gasteiger partial charge in [0.05, 0.1) is 12.2 Å². The van der Waals surface area contributed by atoms with E-state index in [4.69, 9.17) is 0 Å². The molecule has 1 aliphatic rings. The highest BCUT2D eigenvalue weighted by Crippen LogP contribution is 2.25. The third-order valence-electron chi connectivity index (χ3n) is 4.63. The summed E-state index contributed by atoms with van der Waals surface area (Å²) in [5.41, 5.74) is 2.40. The molecule has 122 valence electrons. The zero-order valence-corrected chi connectivity index (χ0v) is 13.5. The molecule has 4 rings (SSSR count). The lowest BCUT2D eigenvalue weighted by molar-refractivity contribution is 0.0548. The number of carbonyl (C=O) groups is 1. The van der Waals surface area contributed by atoms with Gasteiger partial charge in [0.25, 0.3) is 5.91 Å². The lowest BCUT2D eigenvalue weighted by atomic mass is 10.0. The van der Waals surface area contributed by atoms with Crippen LogP contribution in [0.3, 0.4) is 0 Å². The van der Waals surface area contributed by atoms with Crippen molar-refractivity contribution in [3.63, 3.8) is 0 Å². The molecule has 0 saturated carbocycles. The number of hydrogen-bond donors (Lipinski definition) is 0. The summed E-state index contributed by atoms with van der Waals surface area (Å²) in [7, 11) is 2.11. The number of carbonyl (C=O) groups excluding carboxylic acids is 1. The summed E-state index contributed by atoms with van der Waals surface area (Å²) in [6, 6.07) is 12.3. The van der Waals surface area contributed by atoms with Crippen molar-refractivity contribution in [2.24, 2.45) is 0 Å². The van der Waals surface area contributed by atoms with Crippen molar-refractivity contribution in [1.29, 1.82) is 0 Å². The first kappa shape index (κ1) is 14.8. The van der Waals surface area contributed by atoms with Crippen LogP contribution in [0.5, 0.6) is 0 Å². The Morgan fingerprint density at radius 1 is 1.17 bits per heavy atom. The van der Waals surface area contributed by atoms with E-state index in [0.29, 0.717) is 24.3 Å². The summed E-state index contributed by atoms with van der Waals surface area (Å²) in [6.07, 6.45) is 5.10. The van der Waals surface area contributed by atoms with Crippen LogP contribution in [-0.4, -0.2) is 57.0 Å². The normalized spacial score (nSPS) is 18.9. The second kappa shape index (κ2) is 6.05. The molecule has 2 aromatic heterocycles. The molecule has 3 aromatic rings. The van der Waals surface area contributed by atoms with E-state index in [1.165, 1.54) is 5.56 Å². The molecule has 0 radical (unpaired) electrons. The van der Waals surface area contributed by atoms with Gasteiger partial charge in [0.1, 0.15) is 5.56 Å². The van der Waals surface area contributed by atoms with E-state index in [1.807, 2.05) is 23.1 Å². The Balaban J connectivity index is 1.61. The van der Waals surface area contributed by atoms with E-state index < -0.39 is 0 Å². The predicted molar refractivity (Wildman–Crippen MR) is 90.7 cm³/mol. The number of rotatable bonds is 2. The van der Waals surface area contributed by atoms with E-state index in [9.17, 15) is 4.79 Å². The van der Waals surface area contributed by atoms with E-state index in [-0.39, 0.29) is 11.9 Å². The van der Waals surface area contributed by atoms with Crippen molar-refractivity contribution < 1.29 is 4.79 Å². The second-order valence-corrected chi connectivity index (χ2v) is 6.10. The van der Waals surface area contributed by atoms with Crippen molar-refractivity contribution in [2.45, 2.75) is 6.04 Å². The maximum absolute atomic E-state index is 13.0. The molecule has 0 unspecified atom stereocenters. The fourth-order valence-electron chi connectivity index (χ4n) is 3.24. The molecule has 6 nitrogen and oxygen atoms in total. The third-order valence-corrected chi connectivity index (χ3v) is 4.63. The van der Waals surface area contributed by atoms with Crippen molar-refractivity contribution in [3.05, 3.63) is 66.1 Å². The lowest BCUT2D eigenvalue weighted by Crippen LogP contribution is -2.49. The summed E-state index contributed by atoms with van der Waals surface area (Å²) in [4.78, 5) is 21.5. The van der Waals surface area contributed by atoms with Gasteiger partial charge >= 0.3 is 0 Å². The Morgan fingerprint density at radius 3 is 2.83 bits per heavy atom. The van der Waals surface area contributed by atoms with E-state index in [2.05, 4.69) is 34.2 Å². The molecule has 1 atom stereocenters. The van der Waals surface area contributed by atoms with Gasteiger partial charge in [-0.3, -0.25) is 9.69 Å². The zero-order valence-electron chi connectivity index (χ0n) is 13.5. The molecule has 1 aliphatic heterocycles. The number of amides is 1. The molecule has 1 fully saturated rings. The van der Waals surface area contributed by atoms with Crippen LogP contribution in [0.15, 0.2) is 55.0 Å². The minimum atomic E-state index is -0.00210. The monoisotopic (exact) mass is 321 g/mol. The number of hydrogen-bond acceptors (Lipinski definition) is 4. The fourth-order valence-corrected chi connectivity index (χ4v) is 3.24. The summed E-state index contributed by atoms with van der Waals surface area (Å²) >= 11 is 0. The first-order valence-electron chi connectivity index (χ1n) is 8.07. The average molecular weight is 321 g/mol. The first-order valence-corrected chi connectivity index (χ1v) is 8.07. The van der Waals surface area contributed by atoms with Crippen LogP contribution in [-0.2, 0) is 0 Å². The number of aromatic nitrogens is 3. The van der Waals surface area contributed by atoms with Crippen LogP contribution in [0.4, 0.5) is 0 Å². The smallest absolute Gasteiger partial charge is 0.259 e. The Hall–Kier alpha value is -2.73. The summed E-state index contributed by atoms with van der Waals surface area (Å²) in [6.45, 7) is 2.23. The number of likely N-dealkylation sites (N-methyl/N-ethyl adjacent to an activating group) is 1. The molecule has 3 heterocycles. The van der Waals surface area contributed by atoms with Gasteiger partial charge in [0.15, 0.2) is 5.65 Å². The van der Waals surface area contributed by atoms with Crippen molar-refractivity contribution in [2.75, 3.05) is 26.7 Å². The van der Waals surface area contributed by atoms with Gasteiger partial charge in [-0.15, -0.1) is 0 Å². The van der Waals surface area contributed by atoms with Gasteiger partial charge in [-0.1, -0.05) is 30.3 Å². The Morgan fingerprint density at radius 2 is 2.00 bits per heavy atom. The SMILES string of the molecule is CN1CCN(C(=O)c2cnn3cccnc23)C[C@@H]1c1ccccc1. The maximum Gasteiger partial charge on any atom is 0.259 e. The summed E-state index contributed by atoms with van der Waals surface area (Å²) < 4.78 is 1.64. The summed E-state index contributed by atoms with van der Waals surface area (Å²) in [5, 5.41) is 4.22.